The van der Waals surface area contributed by atoms with Gasteiger partial charge in [0.25, 0.3) is 0 Å². The Hall–Kier alpha value is -2.05. The minimum Gasteiger partial charge on any atom is -0.381 e. The predicted molar refractivity (Wildman–Crippen MR) is 69.9 cm³/mol. The fourth-order valence-electron chi connectivity index (χ4n) is 1.56. The summed E-state index contributed by atoms with van der Waals surface area (Å²) >= 11 is 5.85. The molecule has 0 aromatic heterocycles. The number of nitrogens with zero attached hydrogens (tertiary/aromatic N) is 1. The molecule has 0 bridgehead atoms. The maximum absolute atomic E-state index is 13.6. The van der Waals surface area contributed by atoms with E-state index in [1.807, 2.05) is 18.2 Å². The summed E-state index contributed by atoms with van der Waals surface area (Å²) in [5.41, 5.74) is 1.65. The number of benzene rings is 2. The summed E-state index contributed by atoms with van der Waals surface area (Å²) < 4.78 is 13.6. The normalized spacial score (nSPS) is 9.83. The standard InChI is InChI=1S/C14H10ClFN2/c15-12-2-1-3-13(7-12)18-9-11-5-4-10(8-17)6-14(11)16/h1-7,18H,9H2. The lowest BCUT2D eigenvalue weighted by Gasteiger charge is -2.07. The van der Waals surface area contributed by atoms with Crippen LogP contribution in [-0.4, -0.2) is 0 Å². The third-order valence-electron chi connectivity index (χ3n) is 2.49. The highest BCUT2D eigenvalue weighted by Crippen LogP contribution is 2.17. The largest absolute Gasteiger partial charge is 0.381 e. The predicted octanol–water partition coefficient (Wildman–Crippen LogP) is 3.96. The third-order valence-corrected chi connectivity index (χ3v) is 2.72. The molecule has 2 aromatic rings. The van der Waals surface area contributed by atoms with Crippen LogP contribution in [0.2, 0.25) is 5.02 Å². The number of nitrogens with one attached hydrogen (secondary N) is 1. The van der Waals surface area contributed by atoms with E-state index in [0.29, 0.717) is 22.7 Å². The van der Waals surface area contributed by atoms with Crippen LogP contribution in [0.3, 0.4) is 0 Å². The van der Waals surface area contributed by atoms with Gasteiger partial charge in [0.1, 0.15) is 5.82 Å². The first-order valence-corrected chi connectivity index (χ1v) is 5.75. The maximum atomic E-state index is 13.6. The molecule has 0 aliphatic heterocycles. The van der Waals surface area contributed by atoms with Crippen molar-refractivity contribution >= 4 is 17.3 Å². The minimum atomic E-state index is -0.386. The lowest BCUT2D eigenvalue weighted by Crippen LogP contribution is -2.01. The molecule has 0 saturated heterocycles. The molecule has 0 spiro atoms. The molecular formula is C14H10ClFN2. The molecule has 0 aliphatic rings. The highest BCUT2D eigenvalue weighted by Gasteiger charge is 2.03. The smallest absolute Gasteiger partial charge is 0.129 e. The topological polar surface area (TPSA) is 35.8 Å². The average molecular weight is 261 g/mol. The fourth-order valence-corrected chi connectivity index (χ4v) is 1.75. The van der Waals surface area contributed by atoms with Gasteiger partial charge in [0.2, 0.25) is 0 Å². The second-order valence-corrected chi connectivity index (χ2v) is 4.22. The summed E-state index contributed by atoms with van der Waals surface area (Å²) in [6.07, 6.45) is 0. The second-order valence-electron chi connectivity index (χ2n) is 3.78. The molecule has 2 rings (SSSR count). The number of halogens is 2. The first kappa shape index (κ1) is 12.4. The van der Waals surface area contributed by atoms with E-state index in [0.717, 1.165) is 5.69 Å². The summed E-state index contributed by atoms with van der Waals surface area (Å²) in [5, 5.41) is 12.3. The number of nitriles is 1. The molecule has 1 N–H and O–H groups in total. The van der Waals surface area contributed by atoms with E-state index in [1.54, 1.807) is 24.3 Å². The van der Waals surface area contributed by atoms with Crippen molar-refractivity contribution in [3.8, 4) is 6.07 Å². The summed E-state index contributed by atoms with van der Waals surface area (Å²) in [6.45, 7) is 0.345. The quantitative estimate of drug-likeness (QED) is 0.907. The van der Waals surface area contributed by atoms with Gasteiger partial charge in [-0.05, 0) is 30.3 Å². The van der Waals surface area contributed by atoms with Gasteiger partial charge in [-0.25, -0.2) is 4.39 Å². The van der Waals surface area contributed by atoms with Gasteiger partial charge >= 0.3 is 0 Å². The molecule has 2 nitrogen and oxygen atoms in total. The Morgan fingerprint density at radius 2 is 2.06 bits per heavy atom. The van der Waals surface area contributed by atoms with Crippen molar-refractivity contribution in [3.05, 3.63) is 64.4 Å². The molecule has 4 heteroatoms. The molecule has 0 aliphatic carbocycles. The van der Waals surface area contributed by atoms with E-state index in [1.165, 1.54) is 6.07 Å². The van der Waals surface area contributed by atoms with Crippen molar-refractivity contribution in [3.63, 3.8) is 0 Å². The molecule has 0 heterocycles. The SMILES string of the molecule is N#Cc1ccc(CNc2cccc(Cl)c2)c(F)c1. The molecule has 0 atom stereocenters. The first-order chi connectivity index (χ1) is 8.69. The van der Waals surface area contributed by atoms with E-state index >= 15 is 0 Å². The van der Waals surface area contributed by atoms with E-state index < -0.39 is 0 Å². The molecule has 0 amide bonds. The van der Waals surface area contributed by atoms with Gasteiger partial charge in [-0.2, -0.15) is 5.26 Å². The van der Waals surface area contributed by atoms with Gasteiger partial charge < -0.3 is 5.32 Å². The van der Waals surface area contributed by atoms with Crippen LogP contribution >= 0.6 is 11.6 Å². The van der Waals surface area contributed by atoms with Crippen LogP contribution in [0.25, 0.3) is 0 Å². The van der Waals surface area contributed by atoms with Crippen LogP contribution in [0.1, 0.15) is 11.1 Å². The molecule has 0 saturated carbocycles. The van der Waals surface area contributed by atoms with Gasteiger partial charge in [0.15, 0.2) is 0 Å². The van der Waals surface area contributed by atoms with Crippen molar-refractivity contribution in [2.45, 2.75) is 6.54 Å². The summed E-state index contributed by atoms with van der Waals surface area (Å²) in [7, 11) is 0. The highest BCUT2D eigenvalue weighted by atomic mass is 35.5. The van der Waals surface area contributed by atoms with Crippen molar-refractivity contribution in [1.29, 1.82) is 5.26 Å². The second kappa shape index (κ2) is 5.52. The van der Waals surface area contributed by atoms with Gasteiger partial charge in [0.05, 0.1) is 11.6 Å². The number of anilines is 1. The van der Waals surface area contributed by atoms with Crippen molar-refractivity contribution in [2.24, 2.45) is 0 Å². The Balaban J connectivity index is 2.09. The lowest BCUT2D eigenvalue weighted by atomic mass is 10.1. The minimum absolute atomic E-state index is 0.319. The zero-order chi connectivity index (χ0) is 13.0. The van der Waals surface area contributed by atoms with Crippen LogP contribution in [0.5, 0.6) is 0 Å². The fraction of sp³-hybridized carbons (Fsp3) is 0.0714. The lowest BCUT2D eigenvalue weighted by molar-refractivity contribution is 0.612. The van der Waals surface area contributed by atoms with E-state index in [2.05, 4.69) is 5.32 Å². The van der Waals surface area contributed by atoms with Gasteiger partial charge in [-0.3, -0.25) is 0 Å². The van der Waals surface area contributed by atoms with Gasteiger partial charge in [-0.15, -0.1) is 0 Å². The van der Waals surface area contributed by atoms with E-state index in [9.17, 15) is 4.39 Å². The van der Waals surface area contributed by atoms with Crippen LogP contribution < -0.4 is 5.32 Å². The maximum Gasteiger partial charge on any atom is 0.129 e. The Kier molecular flexibility index (Phi) is 3.81. The number of rotatable bonds is 3. The van der Waals surface area contributed by atoms with E-state index in [4.69, 9.17) is 16.9 Å². The van der Waals surface area contributed by atoms with Crippen molar-refractivity contribution in [2.75, 3.05) is 5.32 Å². The van der Waals surface area contributed by atoms with Crippen LogP contribution in [0, 0.1) is 17.1 Å². The Labute approximate surface area is 110 Å². The molecular weight excluding hydrogens is 251 g/mol. The molecule has 2 aromatic carbocycles. The van der Waals surface area contributed by atoms with Crippen LogP contribution in [0.15, 0.2) is 42.5 Å². The zero-order valence-corrected chi connectivity index (χ0v) is 10.2. The van der Waals surface area contributed by atoms with E-state index in [-0.39, 0.29) is 5.82 Å². The number of hydrogen-bond acceptors (Lipinski definition) is 2. The van der Waals surface area contributed by atoms with Crippen LogP contribution in [-0.2, 0) is 6.54 Å². The van der Waals surface area contributed by atoms with Crippen molar-refractivity contribution < 1.29 is 4.39 Å². The molecule has 0 fully saturated rings. The van der Waals surface area contributed by atoms with Gasteiger partial charge in [-0.1, -0.05) is 23.7 Å². The van der Waals surface area contributed by atoms with Crippen LogP contribution in [0.4, 0.5) is 10.1 Å². The monoisotopic (exact) mass is 260 g/mol. The average Bonchev–Trinajstić information content (AvgIpc) is 2.37. The molecule has 90 valence electrons. The summed E-state index contributed by atoms with van der Waals surface area (Å²) in [6, 6.07) is 13.5. The Morgan fingerprint density at radius 3 is 2.72 bits per heavy atom. The van der Waals surface area contributed by atoms with Gasteiger partial charge in [0, 0.05) is 22.8 Å². The third kappa shape index (κ3) is 2.99. The molecule has 0 radical (unpaired) electrons. The first-order valence-electron chi connectivity index (χ1n) is 5.37. The van der Waals surface area contributed by atoms with Crippen molar-refractivity contribution in [1.82, 2.24) is 0 Å². The summed E-state index contributed by atoms with van der Waals surface area (Å²) in [5.74, 6) is -0.386. The molecule has 18 heavy (non-hydrogen) atoms. The highest BCUT2D eigenvalue weighted by molar-refractivity contribution is 6.30. The Morgan fingerprint density at radius 1 is 1.22 bits per heavy atom. The Bertz CT molecular complexity index is 605. The summed E-state index contributed by atoms with van der Waals surface area (Å²) in [4.78, 5) is 0. The zero-order valence-electron chi connectivity index (χ0n) is 9.45. The number of hydrogen-bond donors (Lipinski definition) is 1. The molecule has 0 unspecified atom stereocenters.